The second kappa shape index (κ2) is 6.81. The largest absolute Gasteiger partial charge is 0.493 e. The molecule has 4 rings (SSSR count). The van der Waals surface area contributed by atoms with Gasteiger partial charge in [0, 0.05) is 5.56 Å². The van der Waals surface area contributed by atoms with Crippen molar-refractivity contribution in [3.8, 4) is 23.3 Å². The lowest BCUT2D eigenvalue weighted by molar-refractivity contribution is 0.174. The highest BCUT2D eigenvalue weighted by molar-refractivity contribution is 6.00. The molecule has 1 heterocycles. The van der Waals surface area contributed by atoms with E-state index in [9.17, 15) is 5.26 Å². The van der Waals surface area contributed by atoms with Crippen molar-refractivity contribution in [2.45, 2.75) is 6.92 Å². The number of ether oxygens (including phenoxy) is 3. The Labute approximate surface area is 151 Å². The molecule has 0 amide bonds. The van der Waals surface area contributed by atoms with E-state index in [2.05, 4.69) is 12.1 Å². The van der Waals surface area contributed by atoms with Crippen LogP contribution in [0.3, 0.4) is 0 Å². The number of nitrogens with zero attached hydrogens (tertiary/aromatic N) is 1. The number of allylic oxidation sites excluding steroid dienone is 1. The van der Waals surface area contributed by atoms with E-state index in [4.69, 9.17) is 14.2 Å². The third-order valence-electron chi connectivity index (χ3n) is 4.32. The van der Waals surface area contributed by atoms with Crippen LogP contribution in [0.2, 0.25) is 0 Å². The second-order valence-electron chi connectivity index (χ2n) is 5.87. The van der Waals surface area contributed by atoms with Gasteiger partial charge in [-0.05, 0) is 53.6 Å². The normalized spacial score (nSPS) is 12.8. The van der Waals surface area contributed by atoms with Gasteiger partial charge in [0.05, 0.1) is 18.2 Å². The molecule has 0 spiro atoms. The first kappa shape index (κ1) is 16.0. The summed E-state index contributed by atoms with van der Waals surface area (Å²) in [6.45, 7) is 2.72. The van der Waals surface area contributed by atoms with Gasteiger partial charge in [-0.25, -0.2) is 0 Å². The molecule has 26 heavy (non-hydrogen) atoms. The molecule has 0 unspecified atom stereocenters. The maximum absolute atomic E-state index is 9.75. The Kier molecular flexibility index (Phi) is 4.20. The van der Waals surface area contributed by atoms with Gasteiger partial charge in [0.2, 0.25) is 6.79 Å². The first-order valence-electron chi connectivity index (χ1n) is 8.46. The molecule has 0 N–H and O–H groups in total. The zero-order chi connectivity index (χ0) is 17.9. The van der Waals surface area contributed by atoms with Gasteiger partial charge >= 0.3 is 0 Å². The molecule has 3 aromatic carbocycles. The summed E-state index contributed by atoms with van der Waals surface area (Å²) in [5, 5.41) is 11.9. The van der Waals surface area contributed by atoms with Crippen molar-refractivity contribution in [3.63, 3.8) is 0 Å². The van der Waals surface area contributed by atoms with Crippen molar-refractivity contribution >= 4 is 22.4 Å². The lowest BCUT2D eigenvalue weighted by Gasteiger charge is -2.11. The monoisotopic (exact) mass is 343 g/mol. The standard InChI is InChI=1S/C22H17NO3/c1-2-24-20-9-7-15-5-3-4-6-18(15)19(20)11-17(13-23)16-8-10-21-22(12-16)26-14-25-21/h3-12H,2,14H2,1H3/b17-11-. The van der Waals surface area contributed by atoms with Crippen molar-refractivity contribution in [2.24, 2.45) is 0 Å². The van der Waals surface area contributed by atoms with E-state index in [1.165, 1.54) is 0 Å². The Hall–Kier alpha value is -3.45. The Morgan fingerprint density at radius 2 is 1.96 bits per heavy atom. The van der Waals surface area contributed by atoms with Gasteiger partial charge in [-0.2, -0.15) is 5.26 Å². The molecule has 0 saturated heterocycles. The maximum atomic E-state index is 9.75. The molecular weight excluding hydrogens is 326 g/mol. The van der Waals surface area contributed by atoms with Crippen LogP contribution in [0.25, 0.3) is 22.4 Å². The fourth-order valence-corrected chi connectivity index (χ4v) is 3.09. The third-order valence-corrected chi connectivity index (χ3v) is 4.32. The van der Waals surface area contributed by atoms with E-state index >= 15 is 0 Å². The minimum Gasteiger partial charge on any atom is -0.493 e. The lowest BCUT2D eigenvalue weighted by Crippen LogP contribution is -1.95. The summed E-state index contributed by atoms with van der Waals surface area (Å²) >= 11 is 0. The van der Waals surface area contributed by atoms with Gasteiger partial charge in [0.25, 0.3) is 0 Å². The average Bonchev–Trinajstić information content (AvgIpc) is 3.15. The summed E-state index contributed by atoms with van der Waals surface area (Å²) in [4.78, 5) is 0. The highest BCUT2D eigenvalue weighted by Crippen LogP contribution is 2.36. The van der Waals surface area contributed by atoms with E-state index in [0.717, 1.165) is 27.6 Å². The first-order chi connectivity index (χ1) is 12.8. The van der Waals surface area contributed by atoms with Gasteiger partial charge < -0.3 is 14.2 Å². The van der Waals surface area contributed by atoms with Crippen LogP contribution in [0, 0.1) is 11.3 Å². The molecule has 1 aliphatic rings. The number of fused-ring (bicyclic) bond motifs is 2. The highest BCUT2D eigenvalue weighted by atomic mass is 16.7. The Morgan fingerprint density at radius 3 is 2.81 bits per heavy atom. The average molecular weight is 343 g/mol. The SMILES string of the molecule is CCOc1ccc2ccccc2c1/C=C(/C#N)c1ccc2c(c1)OCO2. The predicted octanol–water partition coefficient (Wildman–Crippen LogP) is 5.03. The van der Waals surface area contributed by atoms with Crippen LogP contribution < -0.4 is 14.2 Å². The second-order valence-corrected chi connectivity index (χ2v) is 5.87. The minimum absolute atomic E-state index is 0.211. The van der Waals surface area contributed by atoms with Crippen molar-refractivity contribution in [1.29, 1.82) is 5.26 Å². The van der Waals surface area contributed by atoms with Crippen LogP contribution >= 0.6 is 0 Å². The molecule has 0 aromatic heterocycles. The Bertz CT molecular complexity index is 1050. The summed E-state index contributed by atoms with van der Waals surface area (Å²) in [5.74, 6) is 2.12. The summed E-state index contributed by atoms with van der Waals surface area (Å²) < 4.78 is 16.6. The molecule has 0 bridgehead atoms. The van der Waals surface area contributed by atoms with E-state index < -0.39 is 0 Å². The number of hydrogen-bond donors (Lipinski definition) is 0. The van der Waals surface area contributed by atoms with E-state index in [1.54, 1.807) is 0 Å². The smallest absolute Gasteiger partial charge is 0.231 e. The topological polar surface area (TPSA) is 51.5 Å². The van der Waals surface area contributed by atoms with Crippen LogP contribution in [0.1, 0.15) is 18.1 Å². The number of rotatable bonds is 4. The lowest BCUT2D eigenvalue weighted by atomic mass is 9.98. The van der Waals surface area contributed by atoms with Crippen LogP contribution in [0.4, 0.5) is 0 Å². The summed E-state index contributed by atoms with van der Waals surface area (Å²) in [6.07, 6.45) is 1.88. The number of hydrogen-bond acceptors (Lipinski definition) is 4. The quantitative estimate of drug-likeness (QED) is 0.492. The number of benzene rings is 3. The summed E-state index contributed by atoms with van der Waals surface area (Å²) in [7, 11) is 0. The van der Waals surface area contributed by atoms with Crippen molar-refractivity contribution < 1.29 is 14.2 Å². The zero-order valence-electron chi connectivity index (χ0n) is 14.4. The molecule has 0 atom stereocenters. The molecule has 4 nitrogen and oxygen atoms in total. The summed E-state index contributed by atoms with van der Waals surface area (Å²) in [5.41, 5.74) is 2.23. The Morgan fingerprint density at radius 1 is 1.12 bits per heavy atom. The van der Waals surface area contributed by atoms with E-state index in [0.29, 0.717) is 23.7 Å². The molecule has 4 heteroatoms. The van der Waals surface area contributed by atoms with Gasteiger partial charge in [-0.1, -0.05) is 30.3 Å². The van der Waals surface area contributed by atoms with Crippen LogP contribution in [0.5, 0.6) is 17.2 Å². The van der Waals surface area contributed by atoms with Crippen LogP contribution in [-0.2, 0) is 0 Å². The van der Waals surface area contributed by atoms with Crippen molar-refractivity contribution in [2.75, 3.05) is 13.4 Å². The zero-order valence-corrected chi connectivity index (χ0v) is 14.4. The Balaban J connectivity index is 1.88. The molecule has 3 aromatic rings. The fourth-order valence-electron chi connectivity index (χ4n) is 3.09. The van der Waals surface area contributed by atoms with Crippen LogP contribution in [0.15, 0.2) is 54.6 Å². The minimum atomic E-state index is 0.211. The maximum Gasteiger partial charge on any atom is 0.231 e. The summed E-state index contributed by atoms with van der Waals surface area (Å²) in [6, 6.07) is 19.9. The number of nitriles is 1. The van der Waals surface area contributed by atoms with Gasteiger partial charge in [-0.3, -0.25) is 0 Å². The molecule has 0 aliphatic carbocycles. The molecular formula is C22H17NO3. The highest BCUT2D eigenvalue weighted by Gasteiger charge is 2.15. The molecule has 0 radical (unpaired) electrons. The first-order valence-corrected chi connectivity index (χ1v) is 8.46. The molecule has 128 valence electrons. The molecule has 0 fully saturated rings. The van der Waals surface area contributed by atoms with Crippen LogP contribution in [-0.4, -0.2) is 13.4 Å². The molecule has 1 aliphatic heterocycles. The molecule has 0 saturated carbocycles. The van der Waals surface area contributed by atoms with E-state index in [1.807, 2.05) is 61.5 Å². The van der Waals surface area contributed by atoms with Crippen molar-refractivity contribution in [3.05, 3.63) is 65.7 Å². The van der Waals surface area contributed by atoms with Gasteiger partial charge in [-0.15, -0.1) is 0 Å². The fraction of sp³-hybridized carbons (Fsp3) is 0.136. The van der Waals surface area contributed by atoms with Gasteiger partial charge in [0.15, 0.2) is 11.5 Å². The van der Waals surface area contributed by atoms with Crippen molar-refractivity contribution in [1.82, 2.24) is 0 Å². The van der Waals surface area contributed by atoms with Gasteiger partial charge in [0.1, 0.15) is 5.75 Å². The predicted molar refractivity (Wildman–Crippen MR) is 101 cm³/mol. The third kappa shape index (κ3) is 2.84. The van der Waals surface area contributed by atoms with E-state index in [-0.39, 0.29) is 6.79 Å².